The van der Waals surface area contributed by atoms with E-state index in [0.717, 1.165) is 17.7 Å². The fourth-order valence-corrected chi connectivity index (χ4v) is 8.23. The lowest BCUT2D eigenvalue weighted by Crippen LogP contribution is -2.54. The van der Waals surface area contributed by atoms with Crippen molar-refractivity contribution in [3.8, 4) is 0 Å². The van der Waals surface area contributed by atoms with Gasteiger partial charge in [-0.15, -0.1) is 0 Å². The molecule has 2 spiro atoms. The lowest BCUT2D eigenvalue weighted by Gasteiger charge is -2.38. The Hall–Kier alpha value is -6.26. The molecule has 3 unspecified atom stereocenters. The summed E-state index contributed by atoms with van der Waals surface area (Å²) in [7, 11) is 0. The number of fused-ring (bicyclic) bond motifs is 3. The van der Waals surface area contributed by atoms with Crippen LogP contribution < -0.4 is 32.1 Å². The Morgan fingerprint density at radius 2 is 1.51 bits per heavy atom. The number of nitrogens with one attached hydrogen (secondary N) is 5. The van der Waals surface area contributed by atoms with Crippen LogP contribution in [0.3, 0.4) is 0 Å². The van der Waals surface area contributed by atoms with E-state index in [9.17, 15) is 38.4 Å². The number of carbonyl (C=O) groups is 7. The molecule has 3 fully saturated rings. The summed E-state index contributed by atoms with van der Waals surface area (Å²) in [5.74, 6) is -4.49. The zero-order valence-electron chi connectivity index (χ0n) is 30.2. The first-order valence-corrected chi connectivity index (χ1v) is 18.4. The van der Waals surface area contributed by atoms with E-state index in [4.69, 9.17) is 0 Å². The molecule has 1 saturated heterocycles. The van der Waals surface area contributed by atoms with Gasteiger partial charge in [0, 0.05) is 30.0 Å². The quantitative estimate of drug-likeness (QED) is 0.200. The zero-order chi connectivity index (χ0) is 38.8. The van der Waals surface area contributed by atoms with Crippen LogP contribution in [-0.4, -0.2) is 66.8 Å². The van der Waals surface area contributed by atoms with Crippen molar-refractivity contribution in [2.75, 3.05) is 16.0 Å². The minimum atomic E-state index is -1.11. The molecule has 2 aromatic heterocycles. The first-order valence-electron chi connectivity index (χ1n) is 18.4. The molecule has 5 N–H and O–H groups in total. The topological polar surface area (TPSA) is 231 Å². The van der Waals surface area contributed by atoms with E-state index in [-0.39, 0.29) is 64.9 Å². The lowest BCUT2D eigenvalue weighted by atomic mass is 9.79. The third-order valence-electron chi connectivity index (χ3n) is 11.7. The summed E-state index contributed by atoms with van der Waals surface area (Å²) in [6.45, 7) is 3.31. The third-order valence-corrected chi connectivity index (χ3v) is 11.7. The predicted molar refractivity (Wildman–Crippen MR) is 195 cm³/mol. The van der Waals surface area contributed by atoms with Crippen LogP contribution in [0, 0.1) is 17.3 Å². The number of hydrogen-bond acceptors (Lipinski definition) is 11. The minimum absolute atomic E-state index is 0.00109. The predicted octanol–water partition coefficient (Wildman–Crippen LogP) is 2.77. The molecule has 0 radical (unpaired) electrons. The molecule has 55 heavy (non-hydrogen) atoms. The smallest absolute Gasteiger partial charge is 0.276 e. The molecule has 1 aromatic carbocycles. The van der Waals surface area contributed by atoms with Gasteiger partial charge < -0.3 is 21.3 Å². The first-order chi connectivity index (χ1) is 26.3. The second-order valence-electron chi connectivity index (χ2n) is 15.4. The minimum Gasteiger partial charge on any atom is -0.336 e. The number of anilines is 4. The molecule has 8 rings (SSSR count). The molecule has 5 aliphatic rings. The molecule has 17 heteroatoms. The molecular formula is C38H39N9O8. The highest BCUT2D eigenvalue weighted by Crippen LogP contribution is 2.59. The van der Waals surface area contributed by atoms with Gasteiger partial charge >= 0.3 is 0 Å². The van der Waals surface area contributed by atoms with E-state index in [1.54, 1.807) is 30.5 Å². The average molecular weight is 750 g/mol. The fourth-order valence-electron chi connectivity index (χ4n) is 8.23. The highest BCUT2D eigenvalue weighted by molar-refractivity contribution is 6.24. The van der Waals surface area contributed by atoms with Crippen LogP contribution in [-0.2, 0) is 24.8 Å². The molecule has 2 aliphatic carbocycles. The van der Waals surface area contributed by atoms with Crippen LogP contribution in [0.15, 0.2) is 47.5 Å². The van der Waals surface area contributed by atoms with E-state index in [1.165, 1.54) is 43.4 Å². The van der Waals surface area contributed by atoms with Crippen LogP contribution in [0.2, 0.25) is 0 Å². The first kappa shape index (κ1) is 35.8. The molecule has 3 aromatic rings. The molecule has 7 amide bonds. The Bertz CT molecular complexity index is 2270. The largest absolute Gasteiger partial charge is 0.336 e. The van der Waals surface area contributed by atoms with Gasteiger partial charge in [-0.05, 0) is 87.1 Å². The summed E-state index contributed by atoms with van der Waals surface area (Å²) in [6.07, 6.45) is 7.13. The zero-order valence-corrected chi connectivity index (χ0v) is 30.2. The summed E-state index contributed by atoms with van der Waals surface area (Å²) < 4.78 is 1.58. The highest BCUT2D eigenvalue weighted by atomic mass is 16.2. The van der Waals surface area contributed by atoms with Gasteiger partial charge in [0.1, 0.15) is 41.0 Å². The van der Waals surface area contributed by atoms with Gasteiger partial charge in [0.15, 0.2) is 0 Å². The Kier molecular flexibility index (Phi) is 8.61. The van der Waals surface area contributed by atoms with Crippen molar-refractivity contribution in [3.05, 3.63) is 69.9 Å². The van der Waals surface area contributed by atoms with Crippen LogP contribution in [0.1, 0.15) is 103 Å². The molecular weight excluding hydrogens is 710 g/mol. The molecule has 5 heterocycles. The van der Waals surface area contributed by atoms with Crippen molar-refractivity contribution < 1.29 is 33.6 Å². The Balaban J connectivity index is 0.876. The van der Waals surface area contributed by atoms with E-state index in [0.29, 0.717) is 24.0 Å². The monoisotopic (exact) mass is 749 g/mol. The third kappa shape index (κ3) is 6.42. The molecule has 3 aliphatic heterocycles. The number of amides is 7. The molecule has 3 atom stereocenters. The van der Waals surface area contributed by atoms with E-state index in [2.05, 4.69) is 36.6 Å². The normalized spacial score (nSPS) is 21.4. The van der Waals surface area contributed by atoms with Gasteiger partial charge in [-0.2, -0.15) is 0 Å². The summed E-state index contributed by atoms with van der Waals surface area (Å²) in [5, 5.41) is 13.7. The molecule has 17 nitrogen and oxygen atoms in total. The standard InChI is InChI=1S/C38H39N9O8/c1-19(30(49)41-21-3-4-22-23(16-21)35(54)46(34(22)53)25-7-8-29(48)44-32(25)51)15-20(2)31(50)43-28-17-27(39-18-40-28)42-24-5-6-26-33(52)45-38(47(26)36(24)55)13-11-37(9-10-37)12-14-38/h3-6,16-20,25H,7-15H2,1-2H3,(H,41,49)(H,45,52)(H,44,48,51)(H2,39,40,42,43,50). The number of piperidine rings is 1. The maximum Gasteiger partial charge on any atom is 0.276 e. The van der Waals surface area contributed by atoms with Crippen molar-refractivity contribution in [2.24, 2.45) is 17.3 Å². The van der Waals surface area contributed by atoms with Crippen molar-refractivity contribution in [3.63, 3.8) is 0 Å². The number of benzene rings is 1. The summed E-state index contributed by atoms with van der Waals surface area (Å²) >= 11 is 0. The fraction of sp³-hybridized carbons (Fsp3) is 0.421. The number of imide groups is 2. The number of hydrogen-bond donors (Lipinski definition) is 5. The van der Waals surface area contributed by atoms with Crippen molar-refractivity contribution >= 4 is 64.4 Å². The van der Waals surface area contributed by atoms with Gasteiger partial charge in [0.05, 0.1) is 11.1 Å². The Labute approximate surface area is 314 Å². The summed E-state index contributed by atoms with van der Waals surface area (Å²) in [4.78, 5) is 112. The van der Waals surface area contributed by atoms with Crippen molar-refractivity contribution in [1.82, 2.24) is 30.1 Å². The van der Waals surface area contributed by atoms with Gasteiger partial charge in [0.25, 0.3) is 23.3 Å². The van der Waals surface area contributed by atoms with Crippen LogP contribution in [0.25, 0.3) is 0 Å². The molecule has 0 bridgehead atoms. The second-order valence-corrected chi connectivity index (χ2v) is 15.4. The van der Waals surface area contributed by atoms with E-state index < -0.39 is 59.0 Å². The number of rotatable bonds is 9. The maximum atomic E-state index is 13.8. The van der Waals surface area contributed by atoms with Crippen molar-refractivity contribution in [2.45, 2.75) is 83.3 Å². The van der Waals surface area contributed by atoms with E-state index in [1.807, 2.05) is 0 Å². The van der Waals surface area contributed by atoms with Crippen LogP contribution >= 0.6 is 0 Å². The van der Waals surface area contributed by atoms with Crippen LogP contribution in [0.5, 0.6) is 0 Å². The van der Waals surface area contributed by atoms with Crippen molar-refractivity contribution in [1.29, 1.82) is 0 Å². The lowest BCUT2D eigenvalue weighted by molar-refractivity contribution is -0.136. The molecule has 2 saturated carbocycles. The van der Waals surface area contributed by atoms with Gasteiger partial charge in [-0.1, -0.05) is 13.8 Å². The highest BCUT2D eigenvalue weighted by Gasteiger charge is 2.53. The second kappa shape index (κ2) is 13.2. The number of pyridine rings is 1. The summed E-state index contributed by atoms with van der Waals surface area (Å²) in [6, 6.07) is 7.79. The van der Waals surface area contributed by atoms with Gasteiger partial charge in [0.2, 0.25) is 23.6 Å². The van der Waals surface area contributed by atoms with Gasteiger partial charge in [-0.25, -0.2) is 9.97 Å². The SMILES string of the molecule is CC(CC(C)C(=O)Nc1cc(Nc2ccc3n(c2=O)C2(CCC4(CC4)CC2)NC3=O)ncn1)C(=O)Nc1ccc2c(c1)C(=O)N(C1CCC(=O)NC1=O)C2=O. The number of aromatic nitrogens is 3. The van der Waals surface area contributed by atoms with Gasteiger partial charge in [-0.3, -0.25) is 53.1 Å². The number of nitrogens with zero attached hydrogens (tertiary/aromatic N) is 4. The Morgan fingerprint density at radius 1 is 0.836 bits per heavy atom. The number of carbonyl (C=O) groups excluding carboxylic acids is 7. The van der Waals surface area contributed by atoms with E-state index >= 15 is 0 Å². The average Bonchev–Trinajstić information content (AvgIpc) is 3.80. The van der Waals surface area contributed by atoms with Crippen LogP contribution in [0.4, 0.5) is 23.0 Å². The molecule has 284 valence electrons. The summed E-state index contributed by atoms with van der Waals surface area (Å²) in [5.41, 5.74) is 0.193. The Morgan fingerprint density at radius 3 is 2.22 bits per heavy atom. The maximum absolute atomic E-state index is 13.8.